The van der Waals surface area contributed by atoms with E-state index in [4.69, 9.17) is 28.9 Å². The summed E-state index contributed by atoms with van der Waals surface area (Å²) >= 11 is 0. The van der Waals surface area contributed by atoms with Crippen LogP contribution in [0.2, 0.25) is 18.1 Å². The molecule has 2 heterocycles. The van der Waals surface area contributed by atoms with Crippen LogP contribution in [0.4, 0.5) is 14.9 Å². The van der Waals surface area contributed by atoms with Crippen LogP contribution in [-0.4, -0.2) is 73.0 Å². The molecule has 3 N–H and O–H groups in total. The van der Waals surface area contributed by atoms with Crippen LogP contribution in [0.15, 0.2) is 76.5 Å². The van der Waals surface area contributed by atoms with Gasteiger partial charge in [-0.05, 0) is 94.5 Å². The molecule has 64 heavy (non-hydrogen) atoms. The molecule has 3 aliphatic carbocycles. The zero-order valence-corrected chi connectivity index (χ0v) is 39.3. The molecule has 1 unspecified atom stereocenters. The van der Waals surface area contributed by atoms with E-state index in [9.17, 15) is 9.90 Å². The number of hydrogen-bond donors (Lipinski definition) is 2. The van der Waals surface area contributed by atoms with E-state index in [0.717, 1.165) is 11.1 Å². The van der Waals surface area contributed by atoms with Crippen LogP contribution in [0.1, 0.15) is 115 Å². The summed E-state index contributed by atoms with van der Waals surface area (Å²) in [6.45, 7) is 15.3. The molecular weight excluding hydrogens is 836 g/mol. The molecular formula is C49H59FN4O9Si. The predicted molar refractivity (Wildman–Crippen MR) is 241 cm³/mol. The van der Waals surface area contributed by atoms with E-state index in [2.05, 4.69) is 5.16 Å². The first-order valence-corrected chi connectivity index (χ1v) is 24.8. The average Bonchev–Trinajstić information content (AvgIpc) is 3.66. The molecule has 1 aliphatic heterocycles. The minimum atomic E-state index is -3.03. The zero-order chi connectivity index (χ0) is 46.3. The van der Waals surface area contributed by atoms with E-state index in [1.165, 1.54) is 4.90 Å². The highest BCUT2D eigenvalue weighted by atomic mass is 28.4. The Bertz CT molecular complexity index is 2530. The van der Waals surface area contributed by atoms with Gasteiger partial charge in [0.05, 0.1) is 17.3 Å². The summed E-state index contributed by atoms with van der Waals surface area (Å²) in [5, 5.41) is 16.8. The second-order valence-electron chi connectivity index (χ2n) is 20.2. The number of aliphatic hydroxyl groups is 1. The van der Waals surface area contributed by atoms with Gasteiger partial charge >= 0.3 is 6.09 Å². The van der Waals surface area contributed by atoms with Crippen LogP contribution in [0.3, 0.4) is 0 Å². The number of rotatable bonds is 9. The van der Waals surface area contributed by atoms with Gasteiger partial charge in [0.15, 0.2) is 31.2 Å². The van der Waals surface area contributed by atoms with E-state index >= 15 is 14.0 Å². The molecule has 4 aromatic rings. The largest absolute Gasteiger partial charge is 0.508 e. The molecule has 0 spiro atoms. The fraction of sp³-hybridized carbons (Fsp3) is 0.469. The van der Waals surface area contributed by atoms with Gasteiger partial charge in [-0.15, -0.1) is 0 Å². The maximum absolute atomic E-state index is 17.9. The van der Waals surface area contributed by atoms with Crippen molar-refractivity contribution in [3.8, 4) is 11.6 Å². The Morgan fingerprint density at radius 1 is 0.984 bits per heavy atom. The third-order valence-electron chi connectivity index (χ3n) is 13.6. The summed E-state index contributed by atoms with van der Waals surface area (Å²) in [4.78, 5) is 48.6. The first-order valence-electron chi connectivity index (χ1n) is 21.9. The minimum absolute atomic E-state index is 0.0116. The molecule has 0 radical (unpaired) electrons. The van der Waals surface area contributed by atoms with Gasteiger partial charge in [-0.2, -0.15) is 0 Å². The molecule has 15 heteroatoms. The van der Waals surface area contributed by atoms with Gasteiger partial charge in [-0.3, -0.25) is 14.5 Å². The molecule has 13 nitrogen and oxygen atoms in total. The summed E-state index contributed by atoms with van der Waals surface area (Å²) in [5.74, 6) is -4.44. The number of Topliss-reactive ketones (excluding diaryl/α,β-unsaturated/α-hetero) is 2. The summed E-state index contributed by atoms with van der Waals surface area (Å²) in [5.41, 5.74) is 5.73. The Morgan fingerprint density at radius 2 is 1.59 bits per heavy atom. The monoisotopic (exact) mass is 894 g/mol. The molecule has 1 aromatic heterocycles. The van der Waals surface area contributed by atoms with E-state index in [0.29, 0.717) is 6.42 Å². The summed E-state index contributed by atoms with van der Waals surface area (Å²) in [6, 6.07) is 17.1. The van der Waals surface area contributed by atoms with Gasteiger partial charge in [0.2, 0.25) is 5.78 Å². The lowest BCUT2D eigenvalue weighted by Crippen LogP contribution is -2.64. The number of nitrogens with zero attached hydrogens (tertiary/aromatic N) is 3. The molecule has 0 bridgehead atoms. The van der Waals surface area contributed by atoms with Gasteiger partial charge < -0.3 is 38.9 Å². The number of aliphatic hydroxyl groups excluding tert-OH is 1. The number of halogens is 1. The highest BCUT2D eigenvalue weighted by Gasteiger charge is 2.66. The molecule has 0 saturated heterocycles. The van der Waals surface area contributed by atoms with Crippen molar-refractivity contribution in [1.82, 2.24) is 10.1 Å². The Balaban J connectivity index is 1.35. The van der Waals surface area contributed by atoms with Crippen molar-refractivity contribution >= 4 is 31.7 Å². The molecule has 1 amide bonds. The normalized spacial score (nSPS) is 23.2. The molecule has 4 aliphatic rings. The lowest BCUT2D eigenvalue weighted by atomic mass is 9.59. The van der Waals surface area contributed by atoms with Crippen molar-refractivity contribution in [1.29, 1.82) is 0 Å². The van der Waals surface area contributed by atoms with E-state index in [1.807, 2.05) is 114 Å². The van der Waals surface area contributed by atoms with Crippen molar-refractivity contribution in [3.63, 3.8) is 0 Å². The van der Waals surface area contributed by atoms with Crippen molar-refractivity contribution in [2.45, 2.75) is 115 Å². The second-order valence-corrected chi connectivity index (χ2v) is 24.9. The number of hydrogen-bond acceptors (Lipinski definition) is 12. The Hall–Kier alpha value is -5.35. The average molecular weight is 895 g/mol. The van der Waals surface area contributed by atoms with Gasteiger partial charge in [0, 0.05) is 35.2 Å². The Morgan fingerprint density at radius 3 is 2.17 bits per heavy atom. The molecule has 3 aromatic carbocycles. The van der Waals surface area contributed by atoms with Crippen molar-refractivity contribution in [2.75, 3.05) is 25.5 Å². The second kappa shape index (κ2) is 16.3. The first kappa shape index (κ1) is 45.2. The summed E-state index contributed by atoms with van der Waals surface area (Å²) < 4.78 is 49.5. The van der Waals surface area contributed by atoms with Crippen molar-refractivity contribution < 1.29 is 47.0 Å². The van der Waals surface area contributed by atoms with Crippen LogP contribution >= 0.6 is 0 Å². The fourth-order valence-electron chi connectivity index (χ4n) is 9.49. The van der Waals surface area contributed by atoms with Crippen LogP contribution < -0.4 is 20.1 Å². The van der Waals surface area contributed by atoms with E-state index in [1.54, 1.807) is 20.8 Å². The predicted octanol–water partition coefficient (Wildman–Crippen LogP) is 9.56. The summed E-state index contributed by atoms with van der Waals surface area (Å²) in [7, 11) is 0.644. The van der Waals surface area contributed by atoms with Crippen LogP contribution in [-0.2, 0) is 28.8 Å². The van der Waals surface area contributed by atoms with Gasteiger partial charge in [0.1, 0.15) is 36.0 Å². The molecule has 0 fully saturated rings. The SMILES string of the molecule is CN(C)C1CCN(C(=O)OC(C)(C)C)c2c(OCc3ccccc3)c3c(c(F)c21)C[C@H]1C[C@H]2[C@H](N)c4onc(OCc5ccccc5)c4C(=O)[C@@]2(O[Si](C)(C)C(C)(C)C)C(O)=C1C3=O. The van der Waals surface area contributed by atoms with E-state index in [-0.39, 0.29) is 83.5 Å². The van der Waals surface area contributed by atoms with Gasteiger partial charge in [0.25, 0.3) is 5.88 Å². The van der Waals surface area contributed by atoms with Gasteiger partial charge in [-0.1, -0.05) is 81.4 Å². The number of ether oxygens (including phenoxy) is 3. The fourth-order valence-corrected chi connectivity index (χ4v) is 10.9. The Kier molecular flexibility index (Phi) is 11.5. The van der Waals surface area contributed by atoms with Crippen molar-refractivity contribution in [2.24, 2.45) is 17.6 Å². The summed E-state index contributed by atoms with van der Waals surface area (Å²) in [6.07, 6.45) is -0.336. The van der Waals surface area contributed by atoms with Crippen LogP contribution in [0, 0.1) is 17.7 Å². The van der Waals surface area contributed by atoms with Crippen LogP contribution in [0.5, 0.6) is 11.6 Å². The maximum atomic E-state index is 17.9. The molecule has 340 valence electrons. The standard InChI is InChI=1S/C49H59FN4O9Si/c1-47(2,3)61-46(58)54-22-21-32(53(7)8)35-37(50)30-23-29-24-31-38(51)41-36(45(52-62-41)60-26-28-19-15-12-16-20-28)44(57)49(31,63-64(9,10)48(4,5)6)43(56)33(29)40(55)34(30)42(39(35)54)59-25-27-17-13-11-14-18-27/h11-20,29,31-32,38,56H,21-26,51H2,1-10H3/t29-,31-,32?,38-,49-/m0/s1. The zero-order valence-electron chi connectivity index (χ0n) is 38.3. The number of aromatic nitrogens is 1. The third-order valence-corrected chi connectivity index (χ3v) is 18.1. The van der Waals surface area contributed by atoms with Crippen molar-refractivity contribution in [3.05, 3.63) is 117 Å². The number of carbonyl (C=O) groups is 3. The quantitative estimate of drug-likeness (QED) is 0.153. The third kappa shape index (κ3) is 7.53. The smallest absolute Gasteiger partial charge is 0.414 e. The molecule has 8 rings (SSSR count). The van der Waals surface area contributed by atoms with Gasteiger partial charge in [-0.25, -0.2) is 9.18 Å². The first-order chi connectivity index (χ1) is 30.1. The number of fused-ring (bicyclic) bond motifs is 5. The number of ketones is 2. The topological polar surface area (TPSA) is 167 Å². The number of benzene rings is 3. The molecule has 5 atom stereocenters. The Labute approximate surface area is 374 Å². The maximum Gasteiger partial charge on any atom is 0.414 e. The number of allylic oxidation sites excluding steroid dienone is 1. The number of amides is 1. The number of nitrogens with two attached hydrogens (primary N) is 1. The van der Waals surface area contributed by atoms with E-state index < -0.39 is 77.7 Å². The lowest BCUT2D eigenvalue weighted by Gasteiger charge is -2.54. The minimum Gasteiger partial charge on any atom is -0.508 e. The molecule has 0 saturated carbocycles. The highest BCUT2D eigenvalue weighted by molar-refractivity contribution is 6.74. The van der Waals surface area contributed by atoms with Crippen LogP contribution in [0.25, 0.3) is 0 Å². The lowest BCUT2D eigenvalue weighted by molar-refractivity contribution is -0.0274. The number of carbonyl (C=O) groups excluding carboxylic acids is 3. The number of anilines is 1. The highest BCUT2D eigenvalue weighted by Crippen LogP contribution is 2.60.